The van der Waals surface area contributed by atoms with Gasteiger partial charge in [0.05, 0.1) is 17.9 Å². The molecule has 0 aliphatic carbocycles. The summed E-state index contributed by atoms with van der Waals surface area (Å²) in [4.78, 5) is 4.25. The molecule has 1 N–H and O–H groups in total. The zero-order valence-corrected chi connectivity index (χ0v) is 15.3. The minimum atomic E-state index is 0.170. The Labute approximate surface area is 152 Å². The van der Waals surface area contributed by atoms with Gasteiger partial charge in [-0.05, 0) is 31.9 Å². The molecule has 0 aliphatic heterocycles. The van der Waals surface area contributed by atoms with E-state index in [-0.39, 0.29) is 5.75 Å². The van der Waals surface area contributed by atoms with Crippen molar-refractivity contribution in [3.63, 3.8) is 0 Å². The highest BCUT2D eigenvalue weighted by Crippen LogP contribution is 2.36. The Morgan fingerprint density at radius 2 is 1.96 bits per heavy atom. The second kappa shape index (κ2) is 8.03. The molecule has 0 radical (unpaired) electrons. The zero-order chi connectivity index (χ0) is 18.5. The number of benzene rings is 1. The third-order valence-electron chi connectivity index (χ3n) is 4.07. The number of aromatic nitrogens is 3. The Balaban J connectivity index is 1.66. The van der Waals surface area contributed by atoms with Gasteiger partial charge < -0.3 is 18.9 Å². The summed E-state index contributed by atoms with van der Waals surface area (Å²) in [7, 11) is 0. The van der Waals surface area contributed by atoms with Crippen LogP contribution < -0.4 is 4.74 Å². The Kier molecular flexibility index (Phi) is 5.55. The third-order valence-corrected chi connectivity index (χ3v) is 4.07. The van der Waals surface area contributed by atoms with Crippen molar-refractivity contribution < 1.29 is 18.9 Å². The van der Waals surface area contributed by atoms with Gasteiger partial charge in [0.2, 0.25) is 11.7 Å². The van der Waals surface area contributed by atoms with Gasteiger partial charge in [0.1, 0.15) is 17.3 Å². The Hall–Kier alpha value is -2.83. The fraction of sp³-hybridized carbons (Fsp3) is 0.421. The van der Waals surface area contributed by atoms with Crippen LogP contribution in [0.25, 0.3) is 11.4 Å². The summed E-state index contributed by atoms with van der Waals surface area (Å²) in [5, 5.41) is 18.0. The van der Waals surface area contributed by atoms with Crippen molar-refractivity contribution in [2.45, 2.75) is 46.5 Å². The highest BCUT2D eigenvalue weighted by molar-refractivity contribution is 5.68. The molecule has 3 aromatic rings. The van der Waals surface area contributed by atoms with Crippen LogP contribution in [-0.4, -0.2) is 27.0 Å². The van der Waals surface area contributed by atoms with Crippen LogP contribution in [0.2, 0.25) is 0 Å². The van der Waals surface area contributed by atoms with Gasteiger partial charge in [0, 0.05) is 25.0 Å². The summed E-state index contributed by atoms with van der Waals surface area (Å²) >= 11 is 0. The maximum absolute atomic E-state index is 10.00. The maximum Gasteiger partial charge on any atom is 0.223 e. The largest absolute Gasteiger partial charge is 0.508 e. The van der Waals surface area contributed by atoms with Crippen LogP contribution in [0.15, 0.2) is 27.2 Å². The highest BCUT2D eigenvalue weighted by Gasteiger charge is 2.17. The van der Waals surface area contributed by atoms with Gasteiger partial charge in [-0.3, -0.25) is 0 Å². The first kappa shape index (κ1) is 18.0. The molecule has 7 nitrogen and oxygen atoms in total. The van der Waals surface area contributed by atoms with Gasteiger partial charge in [0.15, 0.2) is 0 Å². The van der Waals surface area contributed by atoms with Crippen molar-refractivity contribution in [3.8, 4) is 22.9 Å². The molecule has 138 valence electrons. The van der Waals surface area contributed by atoms with Crippen molar-refractivity contribution >= 4 is 0 Å². The molecule has 0 fully saturated rings. The Morgan fingerprint density at radius 3 is 2.69 bits per heavy atom. The van der Waals surface area contributed by atoms with Crippen molar-refractivity contribution in [2.75, 3.05) is 6.61 Å². The number of hydrogen-bond donors (Lipinski definition) is 1. The van der Waals surface area contributed by atoms with Crippen LogP contribution in [0.4, 0.5) is 0 Å². The number of aromatic hydroxyl groups is 1. The molecule has 0 saturated heterocycles. The summed E-state index contributed by atoms with van der Waals surface area (Å²) in [6.45, 7) is 6.11. The summed E-state index contributed by atoms with van der Waals surface area (Å²) in [6, 6.07) is 5.33. The van der Waals surface area contributed by atoms with E-state index in [1.807, 2.05) is 6.07 Å². The average Bonchev–Trinajstić information content (AvgIpc) is 3.25. The van der Waals surface area contributed by atoms with Crippen molar-refractivity contribution in [3.05, 3.63) is 41.1 Å². The highest BCUT2D eigenvalue weighted by atomic mass is 16.5. The van der Waals surface area contributed by atoms with Gasteiger partial charge in [-0.2, -0.15) is 4.98 Å². The van der Waals surface area contributed by atoms with Crippen LogP contribution in [-0.2, 0) is 12.8 Å². The molecule has 0 spiro atoms. The van der Waals surface area contributed by atoms with Gasteiger partial charge in [-0.15, -0.1) is 0 Å². The molecule has 2 aromatic heterocycles. The Bertz CT molecular complexity index is 870. The lowest BCUT2D eigenvalue weighted by molar-refractivity contribution is 0.297. The minimum absolute atomic E-state index is 0.170. The fourth-order valence-electron chi connectivity index (χ4n) is 2.72. The number of hydrogen-bond acceptors (Lipinski definition) is 7. The summed E-state index contributed by atoms with van der Waals surface area (Å²) in [6.07, 6.45) is 3.48. The topological polar surface area (TPSA) is 94.4 Å². The minimum Gasteiger partial charge on any atom is -0.508 e. The van der Waals surface area contributed by atoms with Crippen molar-refractivity contribution in [1.29, 1.82) is 0 Å². The number of phenolic OH excluding ortho intramolecular Hbond substituents is 1. The number of aryl methyl sites for hydroxylation is 3. The fourth-order valence-corrected chi connectivity index (χ4v) is 2.72. The first-order valence-electron chi connectivity index (χ1n) is 8.79. The predicted molar refractivity (Wildman–Crippen MR) is 95.2 cm³/mol. The molecule has 26 heavy (non-hydrogen) atoms. The monoisotopic (exact) mass is 357 g/mol. The van der Waals surface area contributed by atoms with Crippen LogP contribution >= 0.6 is 0 Å². The Morgan fingerprint density at radius 1 is 1.12 bits per heavy atom. The first-order chi connectivity index (χ1) is 12.6. The molecule has 0 bridgehead atoms. The molecular weight excluding hydrogens is 334 g/mol. The van der Waals surface area contributed by atoms with Gasteiger partial charge in [0.25, 0.3) is 0 Å². The van der Waals surface area contributed by atoms with Crippen LogP contribution in [0.1, 0.15) is 42.7 Å². The number of nitrogens with zero attached hydrogens (tertiary/aromatic N) is 3. The van der Waals surface area contributed by atoms with E-state index in [2.05, 4.69) is 22.2 Å². The lowest BCUT2D eigenvalue weighted by Gasteiger charge is -2.13. The van der Waals surface area contributed by atoms with E-state index in [1.165, 1.54) is 0 Å². The lowest BCUT2D eigenvalue weighted by atomic mass is 10.1. The lowest BCUT2D eigenvalue weighted by Crippen LogP contribution is -2.02. The SMILES string of the molecule is CCCc1cc(CCCOc2c(-c3noc(C)n3)ccc(O)c2C)on1. The number of phenols is 1. The predicted octanol–water partition coefficient (Wildman–Crippen LogP) is 4.01. The second-order valence-electron chi connectivity index (χ2n) is 6.21. The molecule has 0 saturated carbocycles. The van der Waals surface area contributed by atoms with E-state index in [0.717, 1.165) is 37.1 Å². The van der Waals surface area contributed by atoms with Gasteiger partial charge in [-0.1, -0.05) is 23.7 Å². The molecule has 3 rings (SSSR count). The zero-order valence-electron chi connectivity index (χ0n) is 15.3. The summed E-state index contributed by atoms with van der Waals surface area (Å²) in [5.74, 6) is 2.52. The molecule has 7 heteroatoms. The van der Waals surface area contributed by atoms with Crippen molar-refractivity contribution in [2.24, 2.45) is 0 Å². The standard InChI is InChI=1S/C19H23N3O4/c1-4-6-14-11-15(26-21-14)7-5-10-24-18-12(2)17(23)9-8-16(18)19-20-13(3)25-22-19/h8-9,11,23H,4-7,10H2,1-3H3. The van der Waals surface area contributed by atoms with Crippen LogP contribution in [0.3, 0.4) is 0 Å². The molecular formula is C19H23N3O4. The second-order valence-corrected chi connectivity index (χ2v) is 6.21. The molecule has 1 aromatic carbocycles. The number of ether oxygens (including phenoxy) is 1. The van der Waals surface area contributed by atoms with Gasteiger partial charge in [-0.25, -0.2) is 0 Å². The molecule has 0 unspecified atom stereocenters. The summed E-state index contributed by atoms with van der Waals surface area (Å²) < 4.78 is 16.3. The smallest absolute Gasteiger partial charge is 0.223 e. The molecule has 0 aliphatic rings. The summed E-state index contributed by atoms with van der Waals surface area (Å²) in [5.41, 5.74) is 2.33. The molecule has 0 atom stereocenters. The van der Waals surface area contributed by atoms with Crippen molar-refractivity contribution in [1.82, 2.24) is 15.3 Å². The van der Waals surface area contributed by atoms with E-state index >= 15 is 0 Å². The molecule has 2 heterocycles. The quantitative estimate of drug-likeness (QED) is 0.609. The number of rotatable bonds is 8. The van der Waals surface area contributed by atoms with Crippen LogP contribution in [0, 0.1) is 13.8 Å². The maximum atomic E-state index is 10.00. The normalized spacial score (nSPS) is 11.0. The van der Waals surface area contributed by atoms with E-state index in [9.17, 15) is 5.11 Å². The first-order valence-corrected chi connectivity index (χ1v) is 8.79. The molecule has 0 amide bonds. The van der Waals surface area contributed by atoms with Gasteiger partial charge >= 0.3 is 0 Å². The van der Waals surface area contributed by atoms with Crippen LogP contribution in [0.5, 0.6) is 11.5 Å². The average molecular weight is 357 g/mol. The third kappa shape index (κ3) is 4.04. The van der Waals surface area contributed by atoms with E-state index < -0.39 is 0 Å². The van der Waals surface area contributed by atoms with E-state index in [0.29, 0.717) is 35.2 Å². The van der Waals surface area contributed by atoms with E-state index in [4.69, 9.17) is 13.8 Å². The van der Waals surface area contributed by atoms with E-state index in [1.54, 1.807) is 26.0 Å².